The van der Waals surface area contributed by atoms with Crippen molar-refractivity contribution in [1.82, 2.24) is 9.97 Å². The molecule has 0 unspecified atom stereocenters. The van der Waals surface area contributed by atoms with Crippen LogP contribution in [0.1, 0.15) is 11.1 Å². The number of aromatic nitrogens is 2. The highest BCUT2D eigenvalue weighted by atomic mass is 19.1. The molecule has 2 aromatic rings. The number of rotatable bonds is 3. The summed E-state index contributed by atoms with van der Waals surface area (Å²) in [5, 5.41) is 14.7. The van der Waals surface area contributed by atoms with Gasteiger partial charge in [0, 0.05) is 7.05 Å². The van der Waals surface area contributed by atoms with E-state index in [0.717, 1.165) is 11.8 Å². The maximum atomic E-state index is 13.6. The second-order valence-electron chi connectivity index (χ2n) is 3.87. The van der Waals surface area contributed by atoms with Crippen LogP contribution in [0.3, 0.4) is 0 Å². The van der Waals surface area contributed by atoms with Crippen LogP contribution >= 0.6 is 0 Å². The predicted octanol–water partition coefficient (Wildman–Crippen LogP) is 2.58. The molecule has 0 saturated carbocycles. The fraction of sp³-hybridized carbons (Fsp3) is 0.154. The van der Waals surface area contributed by atoms with E-state index in [1.54, 1.807) is 19.2 Å². The molecule has 6 heteroatoms. The van der Waals surface area contributed by atoms with Gasteiger partial charge in [-0.3, -0.25) is 0 Å². The molecule has 1 heterocycles. The molecule has 1 aromatic heterocycles. The minimum atomic E-state index is -0.579. The van der Waals surface area contributed by atoms with Gasteiger partial charge in [0.15, 0.2) is 11.6 Å². The van der Waals surface area contributed by atoms with Crippen molar-refractivity contribution in [2.24, 2.45) is 0 Å². The summed E-state index contributed by atoms with van der Waals surface area (Å²) < 4.78 is 13.6. The third kappa shape index (κ3) is 2.60. The standard InChI is InChI=1S/C13H12FN5/c1-8-4-3-5-11(9(8)6-15)18-12-10(14)7-17-13(16-2)19-12/h3-5,7H,1-2H3,(H2,16,17,18,19). The molecular weight excluding hydrogens is 245 g/mol. The van der Waals surface area contributed by atoms with Gasteiger partial charge in [-0.2, -0.15) is 10.2 Å². The van der Waals surface area contributed by atoms with Gasteiger partial charge in [-0.1, -0.05) is 12.1 Å². The van der Waals surface area contributed by atoms with Gasteiger partial charge in [0.05, 0.1) is 17.4 Å². The van der Waals surface area contributed by atoms with E-state index in [4.69, 9.17) is 5.26 Å². The predicted molar refractivity (Wildman–Crippen MR) is 70.7 cm³/mol. The molecule has 5 nitrogen and oxygen atoms in total. The first kappa shape index (κ1) is 12.8. The number of hydrogen-bond donors (Lipinski definition) is 2. The lowest BCUT2D eigenvalue weighted by Gasteiger charge is -2.10. The van der Waals surface area contributed by atoms with Crippen molar-refractivity contribution in [3.63, 3.8) is 0 Å². The van der Waals surface area contributed by atoms with Crippen molar-refractivity contribution in [3.8, 4) is 6.07 Å². The topological polar surface area (TPSA) is 73.6 Å². The first-order valence-corrected chi connectivity index (χ1v) is 5.62. The van der Waals surface area contributed by atoms with Crippen LogP contribution in [0, 0.1) is 24.1 Å². The van der Waals surface area contributed by atoms with Gasteiger partial charge in [0.1, 0.15) is 6.07 Å². The first-order chi connectivity index (χ1) is 9.15. The van der Waals surface area contributed by atoms with Crippen LogP contribution < -0.4 is 10.6 Å². The first-order valence-electron chi connectivity index (χ1n) is 5.62. The lowest BCUT2D eigenvalue weighted by molar-refractivity contribution is 0.619. The molecule has 0 bridgehead atoms. The largest absolute Gasteiger partial charge is 0.357 e. The maximum absolute atomic E-state index is 13.6. The van der Waals surface area contributed by atoms with Gasteiger partial charge < -0.3 is 10.6 Å². The fourth-order valence-corrected chi connectivity index (χ4v) is 1.62. The Hall–Kier alpha value is -2.68. The van der Waals surface area contributed by atoms with Crippen molar-refractivity contribution >= 4 is 17.5 Å². The van der Waals surface area contributed by atoms with Gasteiger partial charge in [0.2, 0.25) is 5.95 Å². The number of aryl methyl sites for hydroxylation is 1. The summed E-state index contributed by atoms with van der Waals surface area (Å²) in [5.74, 6) is -0.249. The minimum Gasteiger partial charge on any atom is -0.357 e. The van der Waals surface area contributed by atoms with Crippen LogP contribution in [0.25, 0.3) is 0 Å². The van der Waals surface area contributed by atoms with E-state index in [-0.39, 0.29) is 5.82 Å². The Morgan fingerprint density at radius 1 is 1.37 bits per heavy atom. The molecule has 0 aliphatic carbocycles. The molecule has 96 valence electrons. The van der Waals surface area contributed by atoms with Crippen molar-refractivity contribution in [1.29, 1.82) is 5.26 Å². The average molecular weight is 257 g/mol. The molecule has 19 heavy (non-hydrogen) atoms. The molecule has 1 aromatic carbocycles. The molecule has 2 N–H and O–H groups in total. The molecule has 0 amide bonds. The van der Waals surface area contributed by atoms with Gasteiger partial charge in [-0.15, -0.1) is 0 Å². The van der Waals surface area contributed by atoms with E-state index in [0.29, 0.717) is 17.2 Å². The van der Waals surface area contributed by atoms with Crippen molar-refractivity contribution < 1.29 is 4.39 Å². The van der Waals surface area contributed by atoms with Gasteiger partial charge in [0.25, 0.3) is 0 Å². The van der Waals surface area contributed by atoms with Crippen molar-refractivity contribution in [2.45, 2.75) is 6.92 Å². The number of benzene rings is 1. The number of hydrogen-bond acceptors (Lipinski definition) is 5. The highest BCUT2D eigenvalue weighted by molar-refractivity contribution is 5.67. The highest BCUT2D eigenvalue weighted by Gasteiger charge is 2.10. The Kier molecular flexibility index (Phi) is 3.57. The van der Waals surface area contributed by atoms with Gasteiger partial charge in [-0.25, -0.2) is 9.37 Å². The Bertz CT molecular complexity index is 648. The second-order valence-corrected chi connectivity index (χ2v) is 3.87. The van der Waals surface area contributed by atoms with Gasteiger partial charge >= 0.3 is 0 Å². The molecule has 0 atom stereocenters. The number of nitrogens with one attached hydrogen (secondary N) is 2. The third-order valence-electron chi connectivity index (χ3n) is 2.61. The summed E-state index contributed by atoms with van der Waals surface area (Å²) in [6.45, 7) is 1.82. The molecule has 0 spiro atoms. The average Bonchev–Trinajstić information content (AvgIpc) is 2.41. The van der Waals surface area contributed by atoms with Crippen molar-refractivity contribution in [3.05, 3.63) is 41.3 Å². The highest BCUT2D eigenvalue weighted by Crippen LogP contribution is 2.23. The van der Waals surface area contributed by atoms with E-state index in [2.05, 4.69) is 26.7 Å². The molecule has 0 aliphatic rings. The zero-order chi connectivity index (χ0) is 13.8. The third-order valence-corrected chi connectivity index (χ3v) is 2.61. The van der Waals surface area contributed by atoms with Crippen LogP contribution in [0.15, 0.2) is 24.4 Å². The molecule has 0 saturated heterocycles. The normalized spacial score (nSPS) is 9.79. The number of nitrogens with zero attached hydrogens (tertiary/aromatic N) is 3. The summed E-state index contributed by atoms with van der Waals surface area (Å²) in [5.41, 5.74) is 1.80. The summed E-state index contributed by atoms with van der Waals surface area (Å²) in [6.07, 6.45) is 1.07. The second kappa shape index (κ2) is 5.31. The number of anilines is 3. The number of halogens is 1. The summed E-state index contributed by atoms with van der Waals surface area (Å²) in [7, 11) is 1.64. The molecule has 0 fully saturated rings. The van der Waals surface area contributed by atoms with E-state index in [1.165, 1.54) is 0 Å². The zero-order valence-corrected chi connectivity index (χ0v) is 10.5. The molecule has 2 rings (SSSR count). The van der Waals surface area contributed by atoms with Crippen LogP contribution in [0.5, 0.6) is 0 Å². The Morgan fingerprint density at radius 3 is 2.84 bits per heavy atom. The smallest absolute Gasteiger partial charge is 0.224 e. The lowest BCUT2D eigenvalue weighted by atomic mass is 10.1. The van der Waals surface area contributed by atoms with Crippen LogP contribution in [0.4, 0.5) is 21.8 Å². The fourth-order valence-electron chi connectivity index (χ4n) is 1.62. The van der Waals surface area contributed by atoms with E-state index in [9.17, 15) is 4.39 Å². The summed E-state index contributed by atoms with van der Waals surface area (Å²) in [6, 6.07) is 7.40. The maximum Gasteiger partial charge on any atom is 0.224 e. The Labute approximate surface area is 110 Å². The Balaban J connectivity index is 2.42. The molecule has 0 aliphatic heterocycles. The Morgan fingerprint density at radius 2 is 2.16 bits per heavy atom. The molecular formula is C13H12FN5. The van der Waals surface area contributed by atoms with Crippen LogP contribution in [-0.4, -0.2) is 17.0 Å². The van der Waals surface area contributed by atoms with E-state index < -0.39 is 5.82 Å². The monoisotopic (exact) mass is 257 g/mol. The summed E-state index contributed by atoms with van der Waals surface area (Å²) >= 11 is 0. The quantitative estimate of drug-likeness (QED) is 0.884. The minimum absolute atomic E-state index is 0.0291. The van der Waals surface area contributed by atoms with E-state index in [1.807, 2.05) is 13.0 Å². The van der Waals surface area contributed by atoms with E-state index >= 15 is 0 Å². The van der Waals surface area contributed by atoms with Gasteiger partial charge in [-0.05, 0) is 18.6 Å². The lowest BCUT2D eigenvalue weighted by Crippen LogP contribution is -2.04. The van der Waals surface area contributed by atoms with Crippen molar-refractivity contribution in [2.75, 3.05) is 17.7 Å². The number of nitriles is 1. The SMILES string of the molecule is CNc1ncc(F)c(Nc2cccc(C)c2C#N)n1. The molecule has 0 radical (unpaired) electrons. The van der Waals surface area contributed by atoms with Crippen LogP contribution in [-0.2, 0) is 0 Å². The summed E-state index contributed by atoms with van der Waals surface area (Å²) in [4.78, 5) is 7.73. The zero-order valence-electron chi connectivity index (χ0n) is 10.5. The van der Waals surface area contributed by atoms with Crippen LogP contribution in [0.2, 0.25) is 0 Å².